The number of nitrogens with one attached hydrogen (secondary N) is 1. The Balaban J connectivity index is 2.93. The Labute approximate surface area is 52.1 Å². The molecule has 0 saturated carbocycles. The highest BCUT2D eigenvalue weighted by Crippen LogP contribution is 1.90. The fraction of sp³-hybridized carbons (Fsp3) is 0. The molecule has 0 fully saturated rings. The van der Waals surface area contributed by atoms with Gasteiger partial charge >= 0.3 is 0 Å². The average molecular weight is 120 g/mol. The van der Waals surface area contributed by atoms with Crippen LogP contribution in [0.5, 0.6) is 0 Å². The van der Waals surface area contributed by atoms with Crippen LogP contribution in [0.25, 0.3) is 0 Å². The molecule has 1 aromatic rings. The van der Waals surface area contributed by atoms with Crippen molar-refractivity contribution in [3.8, 4) is 12.3 Å². The highest BCUT2D eigenvalue weighted by molar-refractivity contribution is 6.07. The molecule has 0 atom stereocenters. The zero-order chi connectivity index (χ0) is 6.69. The summed E-state index contributed by atoms with van der Waals surface area (Å²) in [4.78, 5) is 10.6. The Bertz CT molecular complexity index is 243. The van der Waals surface area contributed by atoms with Crippen molar-refractivity contribution >= 4 is 5.78 Å². The van der Waals surface area contributed by atoms with Gasteiger partial charge in [0.25, 0.3) is 5.78 Å². The number of hydrogen-bond donors (Lipinski definition) is 1. The highest BCUT2D eigenvalue weighted by Gasteiger charge is 2.00. The van der Waals surface area contributed by atoms with E-state index in [-0.39, 0.29) is 5.69 Å². The maximum atomic E-state index is 10.6. The molecule has 0 saturated heterocycles. The molecule has 0 aromatic carbocycles. The first-order valence-electron chi connectivity index (χ1n) is 2.35. The molecule has 0 amide bonds. The van der Waals surface area contributed by atoms with Crippen LogP contribution in [-0.2, 0) is 0 Å². The molecule has 0 aliphatic carbocycles. The number of terminal acetylenes is 1. The third-order valence-electron chi connectivity index (χ3n) is 0.864. The van der Waals surface area contributed by atoms with E-state index >= 15 is 0 Å². The normalized spacial score (nSPS) is 8.33. The van der Waals surface area contributed by atoms with Gasteiger partial charge in [-0.25, -0.2) is 0 Å². The van der Waals surface area contributed by atoms with Crippen LogP contribution >= 0.6 is 0 Å². The summed E-state index contributed by atoms with van der Waals surface area (Å²) in [6, 6.07) is 1.53. The fourth-order valence-corrected chi connectivity index (χ4v) is 0.461. The van der Waals surface area contributed by atoms with Gasteiger partial charge in [-0.05, 0) is 12.0 Å². The van der Waals surface area contributed by atoms with Gasteiger partial charge in [0.05, 0.1) is 0 Å². The number of Topliss-reactive ketones (excluding diaryl/α,β-unsaturated/α-hetero) is 1. The van der Waals surface area contributed by atoms with Crippen molar-refractivity contribution in [2.45, 2.75) is 0 Å². The quantitative estimate of drug-likeness (QED) is 0.327. The summed E-state index contributed by atoms with van der Waals surface area (Å²) in [5.74, 6) is 1.55. The molecule has 0 spiro atoms. The van der Waals surface area contributed by atoms with Gasteiger partial charge in [0.1, 0.15) is 5.69 Å². The topological polar surface area (TPSA) is 45.8 Å². The van der Waals surface area contributed by atoms with E-state index < -0.39 is 5.78 Å². The van der Waals surface area contributed by atoms with Gasteiger partial charge in [-0.3, -0.25) is 9.89 Å². The number of carbonyl (C=O) groups is 1. The summed E-state index contributed by atoms with van der Waals surface area (Å²) >= 11 is 0. The molecule has 3 heteroatoms. The van der Waals surface area contributed by atoms with E-state index in [0.717, 1.165) is 0 Å². The Morgan fingerprint density at radius 2 is 2.67 bits per heavy atom. The molecule has 0 unspecified atom stereocenters. The lowest BCUT2D eigenvalue weighted by Crippen LogP contribution is -1.93. The second-order valence-corrected chi connectivity index (χ2v) is 1.43. The van der Waals surface area contributed by atoms with E-state index in [0.29, 0.717) is 0 Å². The van der Waals surface area contributed by atoms with E-state index in [1.807, 2.05) is 5.92 Å². The third-order valence-corrected chi connectivity index (χ3v) is 0.864. The monoisotopic (exact) mass is 120 g/mol. The molecule has 0 bridgehead atoms. The van der Waals surface area contributed by atoms with Crippen LogP contribution in [0.4, 0.5) is 0 Å². The molecule has 9 heavy (non-hydrogen) atoms. The number of nitrogens with zero attached hydrogens (tertiary/aromatic N) is 1. The Kier molecular flexibility index (Phi) is 1.32. The number of aromatic nitrogens is 2. The predicted octanol–water partition coefficient (Wildman–Crippen LogP) is 0.226. The van der Waals surface area contributed by atoms with Crippen LogP contribution in [0.1, 0.15) is 10.5 Å². The smallest absolute Gasteiger partial charge is 0.255 e. The summed E-state index contributed by atoms with van der Waals surface area (Å²) in [6.07, 6.45) is 6.36. The molecule has 0 aliphatic heterocycles. The molecule has 0 aliphatic rings. The van der Waals surface area contributed by atoms with Crippen molar-refractivity contribution in [3.05, 3.63) is 18.0 Å². The Morgan fingerprint density at radius 3 is 3.11 bits per heavy atom. The molecule has 44 valence electrons. The fourth-order valence-electron chi connectivity index (χ4n) is 0.461. The Morgan fingerprint density at radius 1 is 1.89 bits per heavy atom. The minimum Gasteiger partial charge on any atom is -0.285 e. The third kappa shape index (κ3) is 0.970. The molecular weight excluding hydrogens is 116 g/mol. The van der Waals surface area contributed by atoms with Gasteiger partial charge in [-0.15, -0.1) is 6.42 Å². The maximum Gasteiger partial charge on any atom is 0.255 e. The van der Waals surface area contributed by atoms with Gasteiger partial charge in [0.15, 0.2) is 0 Å². The van der Waals surface area contributed by atoms with E-state index in [4.69, 9.17) is 6.42 Å². The second kappa shape index (κ2) is 2.14. The van der Waals surface area contributed by atoms with E-state index in [1.165, 1.54) is 6.07 Å². The predicted molar refractivity (Wildman–Crippen MR) is 31.8 cm³/mol. The summed E-state index contributed by atoms with van der Waals surface area (Å²) in [5, 5.41) is 6.05. The Hall–Kier alpha value is -1.56. The van der Waals surface area contributed by atoms with Crippen LogP contribution in [0.15, 0.2) is 12.3 Å². The number of hydrogen-bond acceptors (Lipinski definition) is 2. The van der Waals surface area contributed by atoms with Crippen LogP contribution in [0.2, 0.25) is 0 Å². The van der Waals surface area contributed by atoms with Crippen LogP contribution in [0, 0.1) is 12.3 Å². The lowest BCUT2D eigenvalue weighted by Gasteiger charge is -1.77. The first kappa shape index (κ1) is 5.57. The van der Waals surface area contributed by atoms with Crippen LogP contribution in [0.3, 0.4) is 0 Å². The lowest BCUT2D eigenvalue weighted by atomic mass is 10.3. The molecule has 1 heterocycles. The molecule has 3 nitrogen and oxygen atoms in total. The average Bonchev–Trinajstić information content (AvgIpc) is 2.37. The molecule has 1 N–H and O–H groups in total. The van der Waals surface area contributed by atoms with Crippen molar-refractivity contribution in [2.75, 3.05) is 0 Å². The maximum absolute atomic E-state index is 10.6. The number of H-pyrrole nitrogens is 1. The molecule has 1 rings (SSSR count). The van der Waals surface area contributed by atoms with Crippen LogP contribution < -0.4 is 0 Å². The number of carbonyl (C=O) groups excluding carboxylic acids is 1. The number of aromatic amines is 1. The minimum atomic E-state index is -0.392. The highest BCUT2D eigenvalue weighted by atomic mass is 16.1. The zero-order valence-electron chi connectivity index (χ0n) is 4.59. The largest absolute Gasteiger partial charge is 0.285 e. The molecule has 0 radical (unpaired) electrons. The molecular formula is C6H4N2O. The summed E-state index contributed by atoms with van der Waals surface area (Å²) in [5.41, 5.74) is 0.289. The van der Waals surface area contributed by atoms with Crippen molar-refractivity contribution in [1.82, 2.24) is 10.2 Å². The first-order valence-corrected chi connectivity index (χ1v) is 2.35. The number of ketones is 1. The van der Waals surface area contributed by atoms with Gasteiger partial charge in [0.2, 0.25) is 0 Å². The van der Waals surface area contributed by atoms with Crippen molar-refractivity contribution in [2.24, 2.45) is 0 Å². The van der Waals surface area contributed by atoms with Crippen LogP contribution in [-0.4, -0.2) is 16.0 Å². The van der Waals surface area contributed by atoms with Crippen molar-refractivity contribution < 1.29 is 4.79 Å². The summed E-state index contributed by atoms with van der Waals surface area (Å²) < 4.78 is 0. The van der Waals surface area contributed by atoms with E-state index in [1.54, 1.807) is 6.20 Å². The van der Waals surface area contributed by atoms with Gasteiger partial charge in [-0.2, -0.15) is 5.10 Å². The summed E-state index contributed by atoms with van der Waals surface area (Å²) in [6.45, 7) is 0. The van der Waals surface area contributed by atoms with E-state index in [9.17, 15) is 4.79 Å². The van der Waals surface area contributed by atoms with Crippen molar-refractivity contribution in [1.29, 1.82) is 0 Å². The second-order valence-electron chi connectivity index (χ2n) is 1.43. The first-order chi connectivity index (χ1) is 4.34. The van der Waals surface area contributed by atoms with Crippen molar-refractivity contribution in [3.63, 3.8) is 0 Å². The SMILES string of the molecule is C#CC(=O)c1cc[nH]n1. The lowest BCUT2D eigenvalue weighted by molar-refractivity contribution is 0.105. The standard InChI is InChI=1S/C6H4N2O/c1-2-6(9)5-3-4-7-8-5/h1,3-4H,(H,7,8). The van der Waals surface area contributed by atoms with Gasteiger partial charge in [0, 0.05) is 6.20 Å². The summed E-state index contributed by atoms with van der Waals surface area (Å²) in [7, 11) is 0. The van der Waals surface area contributed by atoms with Gasteiger partial charge < -0.3 is 0 Å². The van der Waals surface area contributed by atoms with Gasteiger partial charge in [-0.1, -0.05) is 0 Å². The number of rotatable bonds is 1. The zero-order valence-corrected chi connectivity index (χ0v) is 4.59. The molecule has 1 aromatic heterocycles. The minimum absolute atomic E-state index is 0.289. The van der Waals surface area contributed by atoms with E-state index in [2.05, 4.69) is 10.2 Å².